The summed E-state index contributed by atoms with van der Waals surface area (Å²) in [6, 6.07) is 7.99. The average molecular weight is 543 g/mol. The van der Waals surface area contributed by atoms with Crippen molar-refractivity contribution in [3.05, 3.63) is 35.9 Å². The van der Waals surface area contributed by atoms with Crippen molar-refractivity contribution in [2.24, 2.45) is 28.6 Å². The van der Waals surface area contributed by atoms with E-state index in [0.717, 1.165) is 0 Å². The number of benzene rings is 1. The molecule has 210 valence electrons. The van der Waals surface area contributed by atoms with Crippen molar-refractivity contribution in [2.45, 2.75) is 77.0 Å². The zero-order valence-corrected chi connectivity index (χ0v) is 22.6. The fourth-order valence-electron chi connectivity index (χ4n) is 7.74. The minimum atomic E-state index is -2.17. The summed E-state index contributed by atoms with van der Waals surface area (Å²) >= 11 is 0. The number of esters is 2. The molecule has 3 aliphatic carbocycles. The number of fused-ring (bicyclic) bond motifs is 5. The van der Waals surface area contributed by atoms with Crippen LogP contribution in [-0.4, -0.2) is 75.6 Å². The summed E-state index contributed by atoms with van der Waals surface area (Å²) in [6.07, 6.45) is -4.59. The summed E-state index contributed by atoms with van der Waals surface area (Å²) in [6.45, 7) is 7.03. The molecule has 1 saturated heterocycles. The molecule has 10 nitrogen and oxygen atoms in total. The topological polar surface area (TPSA) is 154 Å². The molecule has 0 radical (unpaired) electrons. The Hall–Kier alpha value is -2.95. The van der Waals surface area contributed by atoms with E-state index in [4.69, 9.17) is 14.2 Å². The van der Waals surface area contributed by atoms with Crippen LogP contribution in [0.1, 0.15) is 57.8 Å². The number of aliphatic hydroxyl groups is 2. The first-order chi connectivity index (χ1) is 18.1. The monoisotopic (exact) mass is 542 g/mol. The molecular weight excluding hydrogens is 508 g/mol. The summed E-state index contributed by atoms with van der Waals surface area (Å²) in [5, 5.41) is 24.0. The average Bonchev–Trinajstić information content (AvgIpc) is 2.87. The van der Waals surface area contributed by atoms with Crippen LogP contribution in [0.4, 0.5) is 0 Å². The van der Waals surface area contributed by atoms with Crippen molar-refractivity contribution in [3.8, 4) is 0 Å². The molecule has 4 fully saturated rings. The standard InChI is InChI=1S/C29H34O10/c1-14-17(31)12-29(36)24(38-25(35)16-9-7-6-8-10-16)22-27(5,23(34)21(33)20(14)26(29,3)4)18(32)11-19-28(22,13-37-19)39-15(2)30/h6-10,14,18-20,22,24,32,36H,11-13H2,1-5H3/t14?,18-,19-,20?,22+,24+,27-,28+,29-/m1/s1. The van der Waals surface area contributed by atoms with E-state index in [9.17, 15) is 34.2 Å². The van der Waals surface area contributed by atoms with Gasteiger partial charge < -0.3 is 24.4 Å². The van der Waals surface area contributed by atoms with Crippen LogP contribution < -0.4 is 0 Å². The zero-order chi connectivity index (χ0) is 28.7. The van der Waals surface area contributed by atoms with Gasteiger partial charge in [0.15, 0.2) is 5.60 Å². The third-order valence-corrected chi connectivity index (χ3v) is 10.0. The van der Waals surface area contributed by atoms with Crippen LogP contribution in [-0.2, 0) is 33.4 Å². The lowest BCUT2D eigenvalue weighted by molar-refractivity contribution is -0.346. The highest BCUT2D eigenvalue weighted by molar-refractivity contribution is 6.41. The fraction of sp³-hybridized carbons (Fsp3) is 0.621. The van der Waals surface area contributed by atoms with Crippen molar-refractivity contribution in [1.29, 1.82) is 0 Å². The lowest BCUT2D eigenvalue weighted by atomic mass is 9.42. The van der Waals surface area contributed by atoms with Crippen LogP contribution in [0.25, 0.3) is 0 Å². The molecule has 0 spiro atoms. The van der Waals surface area contributed by atoms with Gasteiger partial charge in [0.05, 0.1) is 29.6 Å². The van der Waals surface area contributed by atoms with E-state index in [1.807, 2.05) is 0 Å². The third kappa shape index (κ3) is 3.54. The lowest BCUT2D eigenvalue weighted by Gasteiger charge is -2.67. The molecule has 1 heterocycles. The van der Waals surface area contributed by atoms with Crippen molar-refractivity contribution >= 4 is 29.3 Å². The van der Waals surface area contributed by atoms with Gasteiger partial charge in [0.1, 0.15) is 23.6 Å². The first-order valence-electron chi connectivity index (χ1n) is 13.2. The molecule has 0 amide bonds. The van der Waals surface area contributed by atoms with E-state index in [2.05, 4.69) is 0 Å². The van der Waals surface area contributed by atoms with Gasteiger partial charge in [-0.25, -0.2) is 4.79 Å². The number of Topliss-reactive ketones (excluding diaryl/α,β-unsaturated/α-hetero) is 3. The van der Waals surface area contributed by atoms with Crippen molar-refractivity contribution in [3.63, 3.8) is 0 Å². The molecule has 4 aliphatic rings. The van der Waals surface area contributed by atoms with E-state index in [1.54, 1.807) is 39.0 Å². The van der Waals surface area contributed by atoms with E-state index in [-0.39, 0.29) is 18.6 Å². The predicted molar refractivity (Wildman–Crippen MR) is 133 cm³/mol. The van der Waals surface area contributed by atoms with Crippen LogP contribution >= 0.6 is 0 Å². The Morgan fingerprint density at radius 3 is 2.28 bits per heavy atom. The Balaban J connectivity index is 1.80. The zero-order valence-electron chi connectivity index (χ0n) is 22.6. The van der Waals surface area contributed by atoms with Crippen molar-refractivity contribution < 1.29 is 48.4 Å². The first kappa shape index (κ1) is 27.6. The second-order valence-corrected chi connectivity index (χ2v) is 12.3. The van der Waals surface area contributed by atoms with Crippen LogP contribution in [0.15, 0.2) is 30.3 Å². The third-order valence-electron chi connectivity index (χ3n) is 10.0. The molecule has 5 rings (SSSR count). The van der Waals surface area contributed by atoms with E-state index in [0.29, 0.717) is 0 Å². The van der Waals surface area contributed by atoms with Gasteiger partial charge in [0.2, 0.25) is 11.6 Å². The highest BCUT2D eigenvalue weighted by Crippen LogP contribution is 2.63. The SMILES string of the molecule is CC(=O)O[C@@]12CO[C@@H]1C[C@@H](O)[C@@]1(C)C(=O)C(=O)C3C(C)C(=O)C[C@@](O)([C@@H](OC(=O)c4ccccc4)[C@H]21)C3(C)C. The van der Waals surface area contributed by atoms with Gasteiger partial charge in [-0.15, -0.1) is 0 Å². The molecule has 1 aromatic rings. The smallest absolute Gasteiger partial charge is 0.338 e. The summed E-state index contributed by atoms with van der Waals surface area (Å²) < 4.78 is 17.6. The summed E-state index contributed by atoms with van der Waals surface area (Å²) in [5.74, 6) is -7.42. The quantitative estimate of drug-likeness (QED) is 0.424. The maximum atomic E-state index is 14.2. The van der Waals surface area contributed by atoms with Gasteiger partial charge in [-0.05, 0) is 19.1 Å². The fourth-order valence-corrected chi connectivity index (χ4v) is 7.74. The molecule has 39 heavy (non-hydrogen) atoms. The number of rotatable bonds is 3. The molecule has 9 atom stereocenters. The Morgan fingerprint density at radius 1 is 1.08 bits per heavy atom. The first-order valence-corrected chi connectivity index (χ1v) is 13.2. The molecule has 3 saturated carbocycles. The molecule has 2 bridgehead atoms. The predicted octanol–water partition coefficient (Wildman–Crippen LogP) is 1.43. The van der Waals surface area contributed by atoms with Crippen LogP contribution in [0.3, 0.4) is 0 Å². The molecule has 0 aromatic heterocycles. The number of ether oxygens (including phenoxy) is 3. The number of carbonyl (C=O) groups is 5. The molecule has 1 aromatic carbocycles. The second-order valence-electron chi connectivity index (χ2n) is 12.3. The van der Waals surface area contributed by atoms with E-state index in [1.165, 1.54) is 26.0 Å². The Bertz CT molecular complexity index is 1260. The van der Waals surface area contributed by atoms with Crippen LogP contribution in [0.5, 0.6) is 0 Å². The minimum absolute atomic E-state index is 0.125. The molecule has 1 aliphatic heterocycles. The van der Waals surface area contributed by atoms with Crippen molar-refractivity contribution in [2.75, 3.05) is 6.61 Å². The minimum Gasteiger partial charge on any atom is -0.455 e. The summed E-state index contributed by atoms with van der Waals surface area (Å²) in [5.41, 5.74) is -7.00. The van der Waals surface area contributed by atoms with Crippen LogP contribution in [0, 0.1) is 28.6 Å². The normalized spacial score (nSPS) is 42.7. The van der Waals surface area contributed by atoms with Gasteiger partial charge >= 0.3 is 11.9 Å². The second kappa shape index (κ2) is 8.78. The highest BCUT2D eigenvalue weighted by Gasteiger charge is 2.79. The van der Waals surface area contributed by atoms with Gasteiger partial charge in [-0.1, -0.05) is 39.0 Å². The lowest BCUT2D eigenvalue weighted by Crippen LogP contribution is -2.82. The number of ketones is 3. The van der Waals surface area contributed by atoms with Gasteiger partial charge in [-0.2, -0.15) is 0 Å². The number of carbonyl (C=O) groups excluding carboxylic acids is 5. The molecule has 2 unspecified atom stereocenters. The number of hydrogen-bond donors (Lipinski definition) is 2. The highest BCUT2D eigenvalue weighted by atomic mass is 16.6. The van der Waals surface area contributed by atoms with Crippen molar-refractivity contribution in [1.82, 2.24) is 0 Å². The number of aliphatic hydroxyl groups excluding tert-OH is 1. The molecule has 2 N–H and O–H groups in total. The maximum Gasteiger partial charge on any atom is 0.338 e. The van der Waals surface area contributed by atoms with Gasteiger partial charge in [0.25, 0.3) is 0 Å². The van der Waals surface area contributed by atoms with E-state index >= 15 is 0 Å². The van der Waals surface area contributed by atoms with E-state index < -0.39 is 93.8 Å². The van der Waals surface area contributed by atoms with Crippen LogP contribution in [0.2, 0.25) is 0 Å². The van der Waals surface area contributed by atoms with Gasteiger partial charge in [-0.3, -0.25) is 19.2 Å². The number of hydrogen-bond acceptors (Lipinski definition) is 10. The Labute approximate surface area is 226 Å². The Morgan fingerprint density at radius 2 is 1.72 bits per heavy atom. The Kier molecular flexibility index (Phi) is 6.21. The summed E-state index contributed by atoms with van der Waals surface area (Å²) in [4.78, 5) is 67.4. The maximum absolute atomic E-state index is 14.2. The largest absolute Gasteiger partial charge is 0.455 e. The summed E-state index contributed by atoms with van der Waals surface area (Å²) in [7, 11) is 0. The molecule has 10 heteroatoms. The van der Waals surface area contributed by atoms with Gasteiger partial charge in [0, 0.05) is 37.0 Å². The molecular formula is C29H34O10.